The molecular weight excluding hydrogens is 260 g/mol. The molecule has 2 rings (SSSR count). The highest BCUT2D eigenvalue weighted by molar-refractivity contribution is 5.91. The van der Waals surface area contributed by atoms with Crippen LogP contribution in [0.25, 0.3) is 11.1 Å². The van der Waals surface area contributed by atoms with Crippen molar-refractivity contribution in [2.24, 2.45) is 0 Å². The molecular formula is C15H12O5. The number of benzene rings is 2. The lowest BCUT2D eigenvalue weighted by atomic mass is 10.0. The topological polar surface area (TPSA) is 83.8 Å². The van der Waals surface area contributed by atoms with Crippen LogP contribution >= 0.6 is 0 Å². The molecule has 0 aliphatic rings. The zero-order valence-corrected chi connectivity index (χ0v) is 10.7. The number of carboxylic acids is 2. The summed E-state index contributed by atoms with van der Waals surface area (Å²) in [5.74, 6) is -1.52. The van der Waals surface area contributed by atoms with Gasteiger partial charge in [-0.05, 0) is 35.9 Å². The van der Waals surface area contributed by atoms with Crippen molar-refractivity contribution in [3.63, 3.8) is 0 Å². The predicted molar refractivity (Wildman–Crippen MR) is 72.3 cm³/mol. The lowest BCUT2D eigenvalue weighted by Gasteiger charge is -2.10. The summed E-state index contributed by atoms with van der Waals surface area (Å²) < 4.78 is 5.20. The van der Waals surface area contributed by atoms with E-state index in [-0.39, 0.29) is 11.1 Å². The first-order valence-electron chi connectivity index (χ1n) is 5.78. The Bertz CT molecular complexity index is 658. The summed E-state index contributed by atoms with van der Waals surface area (Å²) in [5, 5.41) is 17.9. The van der Waals surface area contributed by atoms with Crippen molar-refractivity contribution in [2.75, 3.05) is 7.11 Å². The fourth-order valence-electron chi connectivity index (χ4n) is 1.86. The number of aromatic carboxylic acids is 2. The van der Waals surface area contributed by atoms with E-state index < -0.39 is 11.9 Å². The number of hydrogen-bond acceptors (Lipinski definition) is 3. The molecule has 0 fully saturated rings. The maximum Gasteiger partial charge on any atom is 0.335 e. The Morgan fingerprint density at radius 1 is 0.900 bits per heavy atom. The monoisotopic (exact) mass is 272 g/mol. The number of methoxy groups -OCH3 is 1. The molecule has 2 N–H and O–H groups in total. The minimum absolute atomic E-state index is 0.142. The van der Waals surface area contributed by atoms with Gasteiger partial charge in [0.1, 0.15) is 5.75 Å². The Hall–Kier alpha value is -2.82. The molecule has 0 amide bonds. The van der Waals surface area contributed by atoms with E-state index in [0.29, 0.717) is 16.9 Å². The summed E-state index contributed by atoms with van der Waals surface area (Å²) >= 11 is 0. The first-order valence-corrected chi connectivity index (χ1v) is 5.78. The van der Waals surface area contributed by atoms with Crippen molar-refractivity contribution in [1.29, 1.82) is 0 Å². The number of ether oxygens (including phenoxy) is 1. The molecule has 0 aliphatic carbocycles. The number of hydrogen-bond donors (Lipinski definition) is 2. The Labute approximate surface area is 115 Å². The standard InChI is InChI=1S/C15H12O5/c1-20-13-7-6-11(15(18)19)8-12(13)9-2-4-10(5-3-9)14(16)17/h2-8H,1H3,(H,16,17)(H,18,19). The summed E-state index contributed by atoms with van der Waals surface area (Å²) in [5.41, 5.74) is 1.60. The van der Waals surface area contributed by atoms with Gasteiger partial charge >= 0.3 is 11.9 Å². The first kappa shape index (κ1) is 13.6. The molecule has 0 radical (unpaired) electrons. The van der Waals surface area contributed by atoms with Crippen LogP contribution in [0.2, 0.25) is 0 Å². The lowest BCUT2D eigenvalue weighted by molar-refractivity contribution is 0.0686. The van der Waals surface area contributed by atoms with Crippen LogP contribution in [-0.2, 0) is 0 Å². The van der Waals surface area contributed by atoms with Crippen molar-refractivity contribution in [3.05, 3.63) is 53.6 Å². The smallest absolute Gasteiger partial charge is 0.335 e. The van der Waals surface area contributed by atoms with Gasteiger partial charge < -0.3 is 14.9 Å². The molecule has 0 unspecified atom stereocenters. The minimum atomic E-state index is -1.03. The van der Waals surface area contributed by atoms with Crippen molar-refractivity contribution >= 4 is 11.9 Å². The van der Waals surface area contributed by atoms with Crippen LogP contribution in [0.3, 0.4) is 0 Å². The van der Waals surface area contributed by atoms with Crippen LogP contribution in [0.4, 0.5) is 0 Å². The van der Waals surface area contributed by atoms with Crippen molar-refractivity contribution in [2.45, 2.75) is 0 Å². The van der Waals surface area contributed by atoms with Gasteiger partial charge in [0.15, 0.2) is 0 Å². The number of carbonyl (C=O) groups is 2. The summed E-state index contributed by atoms with van der Waals surface area (Å²) in [6.07, 6.45) is 0. The average Bonchev–Trinajstić information content (AvgIpc) is 2.46. The van der Waals surface area contributed by atoms with E-state index in [2.05, 4.69) is 0 Å². The Kier molecular flexibility index (Phi) is 3.70. The summed E-state index contributed by atoms with van der Waals surface area (Å²) in [6.45, 7) is 0. The van der Waals surface area contributed by atoms with Crippen LogP contribution in [0.1, 0.15) is 20.7 Å². The van der Waals surface area contributed by atoms with Gasteiger partial charge in [0.25, 0.3) is 0 Å². The minimum Gasteiger partial charge on any atom is -0.496 e. The van der Waals surface area contributed by atoms with Gasteiger partial charge in [0, 0.05) is 5.56 Å². The van der Waals surface area contributed by atoms with Crippen LogP contribution in [0.15, 0.2) is 42.5 Å². The third kappa shape index (κ3) is 2.61. The van der Waals surface area contributed by atoms with E-state index in [9.17, 15) is 9.59 Å². The van der Waals surface area contributed by atoms with Crippen molar-refractivity contribution in [1.82, 2.24) is 0 Å². The molecule has 0 atom stereocenters. The van der Waals surface area contributed by atoms with E-state index in [1.165, 1.54) is 31.4 Å². The summed E-state index contributed by atoms with van der Waals surface area (Å²) in [7, 11) is 1.49. The molecule has 0 heterocycles. The van der Waals surface area contributed by atoms with Crippen LogP contribution in [0, 0.1) is 0 Å². The molecule has 0 saturated carbocycles. The largest absolute Gasteiger partial charge is 0.496 e. The molecule has 0 saturated heterocycles. The quantitative estimate of drug-likeness (QED) is 0.894. The molecule has 5 nitrogen and oxygen atoms in total. The SMILES string of the molecule is COc1ccc(C(=O)O)cc1-c1ccc(C(=O)O)cc1. The normalized spacial score (nSPS) is 10.1. The summed E-state index contributed by atoms with van der Waals surface area (Å²) in [6, 6.07) is 10.7. The highest BCUT2D eigenvalue weighted by atomic mass is 16.5. The van der Waals surface area contributed by atoms with Gasteiger partial charge in [-0.1, -0.05) is 12.1 Å². The van der Waals surface area contributed by atoms with Gasteiger partial charge in [-0.3, -0.25) is 0 Å². The zero-order chi connectivity index (χ0) is 14.7. The van der Waals surface area contributed by atoms with Gasteiger partial charge in [-0.25, -0.2) is 9.59 Å². The molecule has 20 heavy (non-hydrogen) atoms. The molecule has 2 aromatic rings. The highest BCUT2D eigenvalue weighted by Crippen LogP contribution is 2.31. The molecule has 5 heteroatoms. The fourth-order valence-corrected chi connectivity index (χ4v) is 1.86. The molecule has 0 spiro atoms. The molecule has 0 aromatic heterocycles. The second-order valence-corrected chi connectivity index (χ2v) is 4.10. The van der Waals surface area contributed by atoms with E-state index in [1.54, 1.807) is 18.2 Å². The third-order valence-electron chi connectivity index (χ3n) is 2.89. The molecule has 0 aliphatic heterocycles. The van der Waals surface area contributed by atoms with Gasteiger partial charge in [0.05, 0.1) is 18.2 Å². The first-order chi connectivity index (χ1) is 9.52. The van der Waals surface area contributed by atoms with Crippen molar-refractivity contribution in [3.8, 4) is 16.9 Å². The molecule has 0 bridgehead atoms. The van der Waals surface area contributed by atoms with Crippen LogP contribution in [0.5, 0.6) is 5.75 Å². The summed E-state index contributed by atoms with van der Waals surface area (Å²) in [4.78, 5) is 21.8. The maximum atomic E-state index is 11.0. The Balaban J connectivity index is 2.52. The van der Waals surface area contributed by atoms with Gasteiger partial charge in [-0.2, -0.15) is 0 Å². The molecule has 2 aromatic carbocycles. The van der Waals surface area contributed by atoms with Crippen LogP contribution < -0.4 is 4.74 Å². The predicted octanol–water partition coefficient (Wildman–Crippen LogP) is 2.76. The Morgan fingerprint density at radius 2 is 1.45 bits per heavy atom. The van der Waals surface area contributed by atoms with E-state index in [0.717, 1.165) is 0 Å². The number of carboxylic acid groups (broad SMARTS) is 2. The van der Waals surface area contributed by atoms with Gasteiger partial charge in [-0.15, -0.1) is 0 Å². The maximum absolute atomic E-state index is 11.0. The van der Waals surface area contributed by atoms with E-state index in [4.69, 9.17) is 14.9 Å². The van der Waals surface area contributed by atoms with E-state index in [1.807, 2.05) is 0 Å². The van der Waals surface area contributed by atoms with Gasteiger partial charge in [0.2, 0.25) is 0 Å². The highest BCUT2D eigenvalue weighted by Gasteiger charge is 2.11. The number of rotatable bonds is 4. The van der Waals surface area contributed by atoms with E-state index >= 15 is 0 Å². The second kappa shape index (κ2) is 5.44. The Morgan fingerprint density at radius 3 is 1.95 bits per heavy atom. The fraction of sp³-hybridized carbons (Fsp3) is 0.0667. The van der Waals surface area contributed by atoms with Crippen molar-refractivity contribution < 1.29 is 24.5 Å². The lowest BCUT2D eigenvalue weighted by Crippen LogP contribution is -1.98. The zero-order valence-electron chi connectivity index (χ0n) is 10.7. The second-order valence-electron chi connectivity index (χ2n) is 4.10. The average molecular weight is 272 g/mol. The third-order valence-corrected chi connectivity index (χ3v) is 2.89. The van der Waals surface area contributed by atoms with Crippen LogP contribution in [-0.4, -0.2) is 29.3 Å². The molecule has 102 valence electrons.